The van der Waals surface area contributed by atoms with Gasteiger partial charge in [0.25, 0.3) is 0 Å². The summed E-state index contributed by atoms with van der Waals surface area (Å²) in [6.45, 7) is -0.381. The van der Waals surface area contributed by atoms with Crippen molar-refractivity contribution in [1.82, 2.24) is 14.6 Å². The summed E-state index contributed by atoms with van der Waals surface area (Å²) in [6.07, 6.45) is -0.226. The van der Waals surface area contributed by atoms with E-state index in [9.17, 15) is 15.3 Å². The Morgan fingerprint density at radius 2 is 2.13 bits per heavy atom. The second kappa shape index (κ2) is 5.11. The summed E-state index contributed by atoms with van der Waals surface area (Å²) in [5.74, 6) is 0.256. The van der Waals surface area contributed by atoms with Crippen LogP contribution in [-0.4, -0.2) is 60.0 Å². The zero-order valence-corrected chi connectivity index (χ0v) is 12.2. The lowest BCUT2D eigenvalue weighted by atomic mass is 9.86. The summed E-state index contributed by atoms with van der Waals surface area (Å²) in [5.41, 5.74) is 1.95. The van der Waals surface area contributed by atoms with Crippen LogP contribution in [0, 0.1) is 5.92 Å². The van der Waals surface area contributed by atoms with Crippen LogP contribution in [0.25, 0.3) is 5.52 Å². The van der Waals surface area contributed by atoms with Gasteiger partial charge in [-0.1, -0.05) is 0 Å². The smallest absolute Gasteiger partial charge is 0.177 e. The van der Waals surface area contributed by atoms with Crippen molar-refractivity contribution in [2.45, 2.75) is 36.8 Å². The Morgan fingerprint density at radius 3 is 2.74 bits per heavy atom. The Labute approximate surface area is 131 Å². The maximum absolute atomic E-state index is 10.7. The van der Waals surface area contributed by atoms with Crippen LogP contribution < -0.4 is 5.48 Å². The Hall–Kier alpha value is -1.78. The SMILES string of the molecule is OC[C@H]1O[C@](c2ccc3c(NO)ncnn23)(C2CC2)[C@H](O)[C@@H]1O. The summed E-state index contributed by atoms with van der Waals surface area (Å²) in [6, 6.07) is 3.44. The summed E-state index contributed by atoms with van der Waals surface area (Å²) >= 11 is 0. The summed E-state index contributed by atoms with van der Waals surface area (Å²) in [5, 5.41) is 43.6. The molecule has 4 atom stereocenters. The fourth-order valence-electron chi connectivity index (χ4n) is 3.58. The number of aliphatic hydroxyl groups is 3. The van der Waals surface area contributed by atoms with Crippen LogP contribution in [0.1, 0.15) is 18.5 Å². The zero-order chi connectivity index (χ0) is 16.2. The number of hydrogen-bond donors (Lipinski definition) is 5. The molecule has 9 nitrogen and oxygen atoms in total. The van der Waals surface area contributed by atoms with Gasteiger partial charge in [-0.05, 0) is 30.9 Å². The van der Waals surface area contributed by atoms with E-state index in [-0.39, 0.29) is 18.3 Å². The Balaban J connectivity index is 1.90. The van der Waals surface area contributed by atoms with Gasteiger partial charge in [0, 0.05) is 0 Å². The average molecular weight is 322 g/mol. The number of anilines is 1. The Bertz CT molecular complexity index is 733. The topological polar surface area (TPSA) is 132 Å². The van der Waals surface area contributed by atoms with E-state index in [0.717, 1.165) is 12.8 Å². The molecular weight excluding hydrogens is 304 g/mol. The van der Waals surface area contributed by atoms with Crippen molar-refractivity contribution in [2.24, 2.45) is 5.92 Å². The first-order chi connectivity index (χ1) is 11.1. The van der Waals surface area contributed by atoms with Crippen molar-refractivity contribution < 1.29 is 25.3 Å². The van der Waals surface area contributed by atoms with Crippen LogP contribution in [0.5, 0.6) is 0 Å². The molecule has 2 fully saturated rings. The first-order valence-corrected chi connectivity index (χ1v) is 7.51. The normalized spacial score (nSPS) is 34.2. The van der Waals surface area contributed by atoms with E-state index in [0.29, 0.717) is 11.2 Å². The number of rotatable bonds is 4. The molecule has 5 N–H and O–H groups in total. The van der Waals surface area contributed by atoms with Gasteiger partial charge in [-0.25, -0.2) is 9.50 Å². The third-order valence-corrected chi connectivity index (χ3v) is 4.81. The number of nitrogens with zero attached hydrogens (tertiary/aromatic N) is 3. The van der Waals surface area contributed by atoms with E-state index in [1.807, 2.05) is 5.48 Å². The van der Waals surface area contributed by atoms with Crippen molar-refractivity contribution in [2.75, 3.05) is 12.1 Å². The molecule has 1 saturated heterocycles. The van der Waals surface area contributed by atoms with Crippen molar-refractivity contribution in [1.29, 1.82) is 0 Å². The minimum absolute atomic E-state index is 0.0299. The molecule has 2 aliphatic rings. The van der Waals surface area contributed by atoms with Gasteiger partial charge in [-0.3, -0.25) is 10.7 Å². The molecule has 0 unspecified atom stereocenters. The highest BCUT2D eigenvalue weighted by molar-refractivity contribution is 5.67. The van der Waals surface area contributed by atoms with Crippen molar-refractivity contribution >= 4 is 11.3 Å². The van der Waals surface area contributed by atoms with Crippen molar-refractivity contribution in [3.8, 4) is 0 Å². The van der Waals surface area contributed by atoms with Crippen LogP contribution in [0.4, 0.5) is 5.82 Å². The lowest BCUT2D eigenvalue weighted by molar-refractivity contribution is -0.116. The molecule has 3 heterocycles. The quantitative estimate of drug-likeness (QED) is 0.464. The second-order valence-electron chi connectivity index (χ2n) is 6.08. The summed E-state index contributed by atoms with van der Waals surface area (Å²) in [4.78, 5) is 3.93. The minimum Gasteiger partial charge on any atom is -0.394 e. The van der Waals surface area contributed by atoms with Gasteiger partial charge in [0.1, 0.15) is 35.8 Å². The van der Waals surface area contributed by atoms with Crippen LogP contribution in [0.2, 0.25) is 0 Å². The molecule has 0 amide bonds. The van der Waals surface area contributed by atoms with Crippen LogP contribution >= 0.6 is 0 Å². The lowest BCUT2D eigenvalue weighted by Crippen LogP contribution is -2.43. The molecule has 0 aromatic carbocycles. The molecule has 2 aromatic rings. The van der Waals surface area contributed by atoms with Crippen LogP contribution in [0.3, 0.4) is 0 Å². The number of aliphatic hydroxyl groups excluding tert-OH is 3. The van der Waals surface area contributed by atoms with Gasteiger partial charge in [-0.15, -0.1) is 0 Å². The molecule has 0 bridgehead atoms. The average Bonchev–Trinajstić information content (AvgIpc) is 3.28. The molecule has 1 aliphatic heterocycles. The zero-order valence-electron chi connectivity index (χ0n) is 12.2. The van der Waals surface area contributed by atoms with Gasteiger partial charge in [0.05, 0.1) is 12.3 Å². The number of fused-ring (bicyclic) bond motifs is 1. The molecule has 4 rings (SSSR count). The minimum atomic E-state index is -1.18. The molecule has 9 heteroatoms. The van der Waals surface area contributed by atoms with Gasteiger partial charge >= 0.3 is 0 Å². The molecule has 2 aromatic heterocycles. The van der Waals surface area contributed by atoms with E-state index in [2.05, 4.69) is 10.1 Å². The first kappa shape index (κ1) is 14.8. The molecule has 124 valence electrons. The molecular formula is C14H18N4O5. The fraction of sp³-hybridized carbons (Fsp3) is 0.571. The van der Waals surface area contributed by atoms with Gasteiger partial charge in [-0.2, -0.15) is 5.10 Å². The van der Waals surface area contributed by atoms with Crippen LogP contribution in [0.15, 0.2) is 18.5 Å². The molecule has 23 heavy (non-hydrogen) atoms. The number of hydrogen-bond acceptors (Lipinski definition) is 8. The molecule has 1 aliphatic carbocycles. The lowest BCUT2D eigenvalue weighted by Gasteiger charge is -2.32. The van der Waals surface area contributed by atoms with E-state index in [4.69, 9.17) is 9.94 Å². The Morgan fingerprint density at radius 1 is 1.35 bits per heavy atom. The third-order valence-electron chi connectivity index (χ3n) is 4.81. The number of aromatic nitrogens is 3. The number of nitrogens with one attached hydrogen (secondary N) is 1. The predicted octanol–water partition coefficient (Wildman–Crippen LogP) is -0.751. The largest absolute Gasteiger partial charge is 0.394 e. The van der Waals surface area contributed by atoms with Crippen molar-refractivity contribution in [3.63, 3.8) is 0 Å². The van der Waals surface area contributed by atoms with Gasteiger partial charge < -0.3 is 20.1 Å². The second-order valence-corrected chi connectivity index (χ2v) is 6.08. The van der Waals surface area contributed by atoms with Crippen molar-refractivity contribution in [3.05, 3.63) is 24.2 Å². The number of ether oxygens (including phenoxy) is 1. The van der Waals surface area contributed by atoms with E-state index in [1.54, 1.807) is 12.1 Å². The first-order valence-electron chi connectivity index (χ1n) is 7.51. The maximum Gasteiger partial charge on any atom is 0.177 e. The third kappa shape index (κ3) is 1.91. The standard InChI is InChI=1S/C14H18N4O5/c19-5-9-11(20)12(21)14(23-9,7-1-2-7)10-4-3-8-13(17-22)15-6-16-18(8)10/h3-4,6-7,9,11-12,19-22H,1-2,5H2,(H,15,16,17)/t9-,11-,12-,14+/m1/s1. The molecule has 0 radical (unpaired) electrons. The molecule has 1 saturated carbocycles. The predicted molar refractivity (Wildman–Crippen MR) is 76.8 cm³/mol. The van der Waals surface area contributed by atoms with Crippen LogP contribution in [-0.2, 0) is 10.3 Å². The maximum atomic E-state index is 10.7. The highest BCUT2D eigenvalue weighted by Crippen LogP contribution is 2.55. The summed E-state index contributed by atoms with van der Waals surface area (Å²) < 4.78 is 7.49. The van der Waals surface area contributed by atoms with E-state index < -0.39 is 23.9 Å². The van der Waals surface area contributed by atoms with Gasteiger partial charge in [0.2, 0.25) is 0 Å². The highest BCUT2D eigenvalue weighted by atomic mass is 16.6. The van der Waals surface area contributed by atoms with E-state index >= 15 is 0 Å². The molecule has 0 spiro atoms. The van der Waals surface area contributed by atoms with E-state index in [1.165, 1.54) is 10.8 Å². The highest BCUT2D eigenvalue weighted by Gasteiger charge is 2.63. The van der Waals surface area contributed by atoms with Gasteiger partial charge in [0.15, 0.2) is 5.82 Å². The summed E-state index contributed by atoms with van der Waals surface area (Å²) in [7, 11) is 0. The Kier molecular flexibility index (Phi) is 3.29. The monoisotopic (exact) mass is 322 g/mol. The fourth-order valence-corrected chi connectivity index (χ4v) is 3.58.